The molecule has 8 nitrogen and oxygen atoms in total. The molecule has 2 atom stereocenters. The Morgan fingerprint density at radius 2 is 0.821 bits per heavy atom. The van der Waals surface area contributed by atoms with E-state index in [0.717, 1.165) is 32.1 Å². The maximum Gasteiger partial charge on any atom is 0.472 e. The van der Waals surface area contributed by atoms with Crippen molar-refractivity contribution in [2.75, 3.05) is 54.1 Å². The molecule has 0 amide bonds. The van der Waals surface area contributed by atoms with Gasteiger partial charge in [-0.3, -0.25) is 13.8 Å². The van der Waals surface area contributed by atoms with E-state index in [9.17, 15) is 14.3 Å². The molecule has 9 heteroatoms. The van der Waals surface area contributed by atoms with Crippen LogP contribution in [0.1, 0.15) is 239 Å². The Morgan fingerprint density at radius 1 is 0.482 bits per heavy atom. The molecule has 0 aromatic heterocycles. The average molecular weight is 819 g/mol. The van der Waals surface area contributed by atoms with Crippen molar-refractivity contribution in [3.63, 3.8) is 0 Å². The van der Waals surface area contributed by atoms with Crippen LogP contribution in [0.3, 0.4) is 0 Å². The van der Waals surface area contributed by atoms with Crippen molar-refractivity contribution in [1.82, 2.24) is 0 Å². The number of phosphoric acid groups is 1. The lowest BCUT2D eigenvalue weighted by Crippen LogP contribution is -2.37. The highest BCUT2D eigenvalue weighted by Crippen LogP contribution is 2.43. The number of quaternary nitrogens is 1. The summed E-state index contributed by atoms with van der Waals surface area (Å²) >= 11 is 0. The largest absolute Gasteiger partial charge is 0.472 e. The smallest absolute Gasteiger partial charge is 0.457 e. The Hall–Kier alpha value is -0.500. The van der Waals surface area contributed by atoms with Crippen LogP contribution in [-0.2, 0) is 27.9 Å². The fraction of sp³-hybridized carbons (Fsp3) is 0.979. The number of carbonyl (C=O) groups excluding carboxylic acids is 1. The average Bonchev–Trinajstić information content (AvgIpc) is 3.15. The van der Waals surface area contributed by atoms with Gasteiger partial charge in [0.1, 0.15) is 19.3 Å². The molecule has 0 bridgehead atoms. The summed E-state index contributed by atoms with van der Waals surface area (Å²) in [6.07, 6.45) is 44.3. The highest BCUT2D eigenvalue weighted by atomic mass is 31.2. The summed E-state index contributed by atoms with van der Waals surface area (Å²) in [6, 6.07) is 0. The number of nitrogens with zero attached hydrogens (tertiary/aromatic N) is 1. The monoisotopic (exact) mass is 819 g/mol. The maximum absolute atomic E-state index is 12.7. The standard InChI is InChI=1S/C47H96NO7P/c1-6-8-10-12-14-16-18-19-20-21-22-23-24-25-26-27-28-29-30-32-34-36-38-40-47(49)55-46(45-54-56(50,51)53-43-41-48(3,4)5)44-52-42-39-37-35-33-31-17-15-13-11-9-7-2/h46H,6-45H2,1-5H3/p+1. The first-order chi connectivity index (χ1) is 27.1. The predicted molar refractivity (Wildman–Crippen MR) is 238 cm³/mol. The first kappa shape index (κ1) is 55.5. The van der Waals surface area contributed by atoms with E-state index in [0.29, 0.717) is 24.1 Å². The normalized spacial score (nSPS) is 13.6. The minimum absolute atomic E-state index is 0.0939. The summed E-state index contributed by atoms with van der Waals surface area (Å²) in [6.45, 7) is 5.68. The van der Waals surface area contributed by atoms with Crippen LogP contribution in [0.25, 0.3) is 0 Å². The molecule has 2 unspecified atom stereocenters. The first-order valence-electron chi connectivity index (χ1n) is 24.3. The van der Waals surface area contributed by atoms with Crippen molar-refractivity contribution in [2.45, 2.75) is 245 Å². The molecule has 0 aromatic rings. The van der Waals surface area contributed by atoms with Gasteiger partial charge in [-0.05, 0) is 12.8 Å². The highest BCUT2D eigenvalue weighted by Gasteiger charge is 2.26. The third-order valence-electron chi connectivity index (χ3n) is 10.9. The molecule has 0 aliphatic heterocycles. The lowest BCUT2D eigenvalue weighted by molar-refractivity contribution is -0.870. The van der Waals surface area contributed by atoms with E-state index < -0.39 is 13.9 Å². The van der Waals surface area contributed by atoms with Crippen LogP contribution in [0.2, 0.25) is 0 Å². The van der Waals surface area contributed by atoms with Gasteiger partial charge in [0.05, 0.1) is 34.4 Å². The van der Waals surface area contributed by atoms with Crippen molar-refractivity contribution in [1.29, 1.82) is 0 Å². The van der Waals surface area contributed by atoms with Crippen molar-refractivity contribution in [2.24, 2.45) is 0 Å². The van der Waals surface area contributed by atoms with Crippen LogP contribution >= 0.6 is 7.82 Å². The van der Waals surface area contributed by atoms with Crippen LogP contribution in [-0.4, -0.2) is 75.6 Å². The molecule has 56 heavy (non-hydrogen) atoms. The molecule has 0 saturated carbocycles. The summed E-state index contributed by atoms with van der Waals surface area (Å²) in [5, 5.41) is 0. The van der Waals surface area contributed by atoms with Crippen molar-refractivity contribution in [3.8, 4) is 0 Å². The van der Waals surface area contributed by atoms with E-state index in [1.54, 1.807) is 0 Å². The van der Waals surface area contributed by atoms with Gasteiger partial charge in [-0.1, -0.05) is 219 Å². The quantitative estimate of drug-likeness (QED) is 0.0283. The summed E-state index contributed by atoms with van der Waals surface area (Å²) in [5.41, 5.74) is 0. The zero-order valence-corrected chi connectivity index (χ0v) is 39.0. The minimum atomic E-state index is -4.27. The lowest BCUT2D eigenvalue weighted by atomic mass is 10.0. The fourth-order valence-corrected chi connectivity index (χ4v) is 7.89. The Morgan fingerprint density at radius 3 is 1.18 bits per heavy atom. The van der Waals surface area contributed by atoms with Crippen molar-refractivity contribution in [3.05, 3.63) is 0 Å². The number of likely N-dealkylation sites (N-methyl/N-ethyl adjacent to an activating group) is 1. The van der Waals surface area contributed by atoms with Gasteiger partial charge in [0.2, 0.25) is 0 Å². The van der Waals surface area contributed by atoms with E-state index >= 15 is 0 Å². The number of rotatable bonds is 46. The third kappa shape index (κ3) is 44.6. The van der Waals surface area contributed by atoms with Crippen LogP contribution < -0.4 is 0 Å². The summed E-state index contributed by atoms with van der Waals surface area (Å²) < 4.78 is 35.0. The second-order valence-electron chi connectivity index (χ2n) is 17.9. The number of unbranched alkanes of at least 4 members (excludes halogenated alkanes) is 32. The van der Waals surface area contributed by atoms with Gasteiger partial charge < -0.3 is 18.9 Å². The summed E-state index contributed by atoms with van der Waals surface area (Å²) in [7, 11) is 1.69. The zero-order chi connectivity index (χ0) is 41.3. The van der Waals surface area contributed by atoms with Crippen LogP contribution in [0, 0.1) is 0 Å². The Kier molecular flexibility index (Phi) is 40.9. The van der Waals surface area contributed by atoms with Gasteiger partial charge in [-0.15, -0.1) is 0 Å². The SMILES string of the molecule is CCCCCCCCCCCCCCCCCCCCCCCCCC(=O)OC(COCCCCCCCCCCCCC)COP(=O)(O)OCC[N+](C)(C)C. The van der Waals surface area contributed by atoms with Crippen molar-refractivity contribution >= 4 is 13.8 Å². The Bertz CT molecular complexity index is 868. The molecule has 0 spiro atoms. The third-order valence-corrected chi connectivity index (χ3v) is 11.9. The highest BCUT2D eigenvalue weighted by molar-refractivity contribution is 7.47. The number of hydrogen-bond acceptors (Lipinski definition) is 6. The minimum Gasteiger partial charge on any atom is -0.457 e. The van der Waals surface area contributed by atoms with Gasteiger partial charge in [-0.2, -0.15) is 0 Å². The maximum atomic E-state index is 12.7. The molecule has 0 radical (unpaired) electrons. The summed E-state index contributed by atoms with van der Waals surface area (Å²) in [5.74, 6) is -0.306. The van der Waals surface area contributed by atoms with Gasteiger partial charge in [0, 0.05) is 13.0 Å². The second-order valence-corrected chi connectivity index (χ2v) is 19.3. The Labute approximate surface area is 348 Å². The van der Waals surface area contributed by atoms with Gasteiger partial charge >= 0.3 is 13.8 Å². The lowest BCUT2D eigenvalue weighted by Gasteiger charge is -2.24. The van der Waals surface area contributed by atoms with Gasteiger partial charge in [-0.25, -0.2) is 4.57 Å². The van der Waals surface area contributed by atoms with E-state index in [4.69, 9.17) is 18.5 Å². The van der Waals surface area contributed by atoms with Gasteiger partial charge in [0.15, 0.2) is 0 Å². The molecule has 0 aromatic carbocycles. The van der Waals surface area contributed by atoms with E-state index in [1.165, 1.54) is 186 Å². The number of carbonyl (C=O) groups is 1. The van der Waals surface area contributed by atoms with Gasteiger partial charge in [0.25, 0.3) is 0 Å². The van der Waals surface area contributed by atoms with Crippen LogP contribution in [0.5, 0.6) is 0 Å². The molecule has 0 fully saturated rings. The van der Waals surface area contributed by atoms with Crippen molar-refractivity contribution < 1.29 is 37.3 Å². The molecule has 0 heterocycles. The molecular formula is C47H97NO7P+. The van der Waals surface area contributed by atoms with Crippen LogP contribution in [0.4, 0.5) is 0 Å². The van der Waals surface area contributed by atoms with E-state index in [1.807, 2.05) is 21.1 Å². The van der Waals surface area contributed by atoms with Crippen LogP contribution in [0.15, 0.2) is 0 Å². The molecule has 0 aliphatic carbocycles. The van der Waals surface area contributed by atoms with E-state index in [2.05, 4.69) is 13.8 Å². The predicted octanol–water partition coefficient (Wildman–Crippen LogP) is 14.4. The zero-order valence-electron chi connectivity index (χ0n) is 38.2. The summed E-state index contributed by atoms with van der Waals surface area (Å²) in [4.78, 5) is 22.9. The fourth-order valence-electron chi connectivity index (χ4n) is 7.14. The number of phosphoric ester groups is 1. The molecular weight excluding hydrogens is 721 g/mol. The topological polar surface area (TPSA) is 91.3 Å². The molecule has 0 saturated heterocycles. The number of ether oxygens (including phenoxy) is 2. The second kappa shape index (κ2) is 41.2. The molecule has 0 aliphatic rings. The molecule has 0 rings (SSSR count). The molecule has 1 N–H and O–H groups in total. The Balaban J connectivity index is 4.02. The first-order valence-corrected chi connectivity index (χ1v) is 25.8. The number of hydrogen-bond donors (Lipinski definition) is 1. The number of esters is 1. The van der Waals surface area contributed by atoms with E-state index in [-0.39, 0.29) is 25.8 Å². The molecule has 336 valence electrons.